The molecule has 1 atom stereocenters. The predicted molar refractivity (Wildman–Crippen MR) is 85.6 cm³/mol. The summed E-state index contributed by atoms with van der Waals surface area (Å²) in [6.45, 7) is 0.00954. The van der Waals surface area contributed by atoms with E-state index in [0.29, 0.717) is 5.69 Å². The summed E-state index contributed by atoms with van der Waals surface area (Å²) >= 11 is 3.45. The number of hydrogen-bond donors (Lipinski definition) is 4. The molecule has 0 aliphatic rings. The number of aliphatic hydroxyl groups excluding tert-OH is 2. The van der Waals surface area contributed by atoms with Crippen LogP contribution in [0.1, 0.15) is 0 Å². The van der Waals surface area contributed by atoms with E-state index in [1.807, 2.05) is 36.4 Å². The topological polar surface area (TPSA) is 78.5 Å². The molecule has 20 heavy (non-hydrogen) atoms. The van der Waals surface area contributed by atoms with Gasteiger partial charge in [0.1, 0.15) is 0 Å². The highest BCUT2D eigenvalue weighted by molar-refractivity contribution is 9.10. The first-order chi connectivity index (χ1) is 9.60. The first-order valence-electron chi connectivity index (χ1n) is 6.28. The minimum absolute atomic E-state index is 0.270. The summed E-state index contributed by atoms with van der Waals surface area (Å²) in [4.78, 5) is 0. The summed E-state index contributed by atoms with van der Waals surface area (Å²) in [5, 5.41) is 21.4. The van der Waals surface area contributed by atoms with Crippen molar-refractivity contribution in [3.05, 3.63) is 46.9 Å². The van der Waals surface area contributed by atoms with E-state index < -0.39 is 6.10 Å². The maximum atomic E-state index is 9.43. The van der Waals surface area contributed by atoms with Gasteiger partial charge in [0.15, 0.2) is 0 Å². The van der Waals surface area contributed by atoms with Gasteiger partial charge in [-0.2, -0.15) is 0 Å². The summed E-state index contributed by atoms with van der Waals surface area (Å²) in [7, 11) is 0. The number of nitrogen functional groups attached to an aromatic ring is 1. The van der Waals surface area contributed by atoms with E-state index in [4.69, 9.17) is 10.8 Å². The van der Waals surface area contributed by atoms with Crippen LogP contribution in [-0.2, 0) is 0 Å². The first-order valence-corrected chi connectivity index (χ1v) is 7.07. The van der Waals surface area contributed by atoms with Crippen molar-refractivity contribution in [2.75, 3.05) is 24.2 Å². The highest BCUT2D eigenvalue weighted by Gasteiger charge is 2.08. The number of rotatable bonds is 5. The van der Waals surface area contributed by atoms with Crippen LogP contribution in [0.2, 0.25) is 0 Å². The molecule has 0 aromatic heterocycles. The molecule has 2 aromatic rings. The van der Waals surface area contributed by atoms with Crippen LogP contribution >= 0.6 is 15.9 Å². The third-order valence-electron chi connectivity index (χ3n) is 2.92. The molecule has 106 valence electrons. The summed E-state index contributed by atoms with van der Waals surface area (Å²) in [6.07, 6.45) is -0.789. The lowest BCUT2D eigenvalue weighted by molar-refractivity contribution is 0.105. The van der Waals surface area contributed by atoms with Gasteiger partial charge in [-0.1, -0.05) is 28.1 Å². The van der Waals surface area contributed by atoms with Gasteiger partial charge in [-0.05, 0) is 35.9 Å². The van der Waals surface area contributed by atoms with Crippen molar-refractivity contribution in [2.45, 2.75) is 6.10 Å². The van der Waals surface area contributed by atoms with Crippen molar-refractivity contribution in [1.82, 2.24) is 0 Å². The fraction of sp³-hybridized carbons (Fsp3) is 0.200. The second-order valence-electron chi connectivity index (χ2n) is 4.53. The maximum absolute atomic E-state index is 9.43. The second kappa shape index (κ2) is 6.74. The fourth-order valence-corrected chi connectivity index (χ4v) is 2.30. The SMILES string of the molecule is Nc1ccc(NCC(O)CO)c(-c2cccc(Br)c2)c1. The van der Waals surface area contributed by atoms with Gasteiger partial charge in [-0.3, -0.25) is 0 Å². The average molecular weight is 337 g/mol. The van der Waals surface area contributed by atoms with Crippen molar-refractivity contribution in [3.8, 4) is 11.1 Å². The number of hydrogen-bond acceptors (Lipinski definition) is 4. The lowest BCUT2D eigenvalue weighted by atomic mass is 10.0. The number of benzene rings is 2. The Morgan fingerprint density at radius 1 is 1.20 bits per heavy atom. The van der Waals surface area contributed by atoms with E-state index in [0.717, 1.165) is 21.3 Å². The molecule has 0 aliphatic carbocycles. The Morgan fingerprint density at radius 3 is 2.70 bits per heavy atom. The molecule has 0 saturated carbocycles. The number of nitrogens with one attached hydrogen (secondary N) is 1. The van der Waals surface area contributed by atoms with Crippen molar-refractivity contribution in [2.24, 2.45) is 0 Å². The third kappa shape index (κ3) is 3.72. The van der Waals surface area contributed by atoms with Crippen LogP contribution in [-0.4, -0.2) is 29.5 Å². The Labute approximate surface area is 126 Å². The summed E-state index contributed by atoms with van der Waals surface area (Å²) in [5.74, 6) is 0. The standard InChI is InChI=1S/C15H17BrN2O2/c16-11-3-1-2-10(6-11)14-7-12(17)4-5-15(14)18-8-13(20)9-19/h1-7,13,18-20H,8-9,17H2. The van der Waals surface area contributed by atoms with Gasteiger partial charge in [-0.25, -0.2) is 0 Å². The van der Waals surface area contributed by atoms with E-state index in [2.05, 4.69) is 21.2 Å². The Kier molecular flexibility index (Phi) is 5.00. The van der Waals surface area contributed by atoms with Crippen LogP contribution in [0.15, 0.2) is 46.9 Å². The highest BCUT2D eigenvalue weighted by Crippen LogP contribution is 2.31. The second-order valence-corrected chi connectivity index (χ2v) is 5.45. The molecule has 5 N–H and O–H groups in total. The number of halogens is 1. The van der Waals surface area contributed by atoms with Crippen LogP contribution in [0.4, 0.5) is 11.4 Å². The maximum Gasteiger partial charge on any atom is 0.0942 e. The summed E-state index contributed by atoms with van der Waals surface area (Å²) < 4.78 is 0.985. The molecule has 0 saturated heterocycles. The van der Waals surface area contributed by atoms with Crippen molar-refractivity contribution >= 4 is 27.3 Å². The van der Waals surface area contributed by atoms with E-state index in [9.17, 15) is 5.11 Å². The minimum atomic E-state index is -0.789. The Hall–Kier alpha value is -1.56. The molecule has 0 fully saturated rings. The Morgan fingerprint density at radius 2 is 2.00 bits per heavy atom. The number of nitrogens with two attached hydrogens (primary N) is 1. The van der Waals surface area contributed by atoms with Crippen molar-refractivity contribution in [1.29, 1.82) is 0 Å². The smallest absolute Gasteiger partial charge is 0.0942 e. The Balaban J connectivity index is 2.33. The van der Waals surface area contributed by atoms with Gasteiger partial charge < -0.3 is 21.3 Å². The number of anilines is 2. The minimum Gasteiger partial charge on any atom is -0.399 e. The van der Waals surface area contributed by atoms with Crippen molar-refractivity contribution in [3.63, 3.8) is 0 Å². The monoisotopic (exact) mass is 336 g/mol. The molecule has 1 unspecified atom stereocenters. The lowest BCUT2D eigenvalue weighted by Crippen LogP contribution is -2.23. The molecule has 2 rings (SSSR count). The highest BCUT2D eigenvalue weighted by atomic mass is 79.9. The molecule has 0 spiro atoms. The zero-order valence-corrected chi connectivity index (χ0v) is 12.5. The molecular weight excluding hydrogens is 320 g/mol. The molecular formula is C15H17BrN2O2. The molecule has 0 amide bonds. The zero-order chi connectivity index (χ0) is 14.5. The molecule has 0 heterocycles. The summed E-state index contributed by atoms with van der Waals surface area (Å²) in [6, 6.07) is 13.5. The van der Waals surface area contributed by atoms with Gasteiger partial charge in [0.05, 0.1) is 12.7 Å². The van der Waals surface area contributed by atoms with Gasteiger partial charge in [0.2, 0.25) is 0 Å². The first kappa shape index (κ1) is 14.8. The molecule has 0 aliphatic heterocycles. The zero-order valence-electron chi connectivity index (χ0n) is 10.9. The van der Waals surface area contributed by atoms with Crippen LogP contribution in [0.5, 0.6) is 0 Å². The van der Waals surface area contributed by atoms with E-state index in [-0.39, 0.29) is 13.2 Å². The van der Waals surface area contributed by atoms with Gasteiger partial charge in [0, 0.05) is 28.0 Å². The predicted octanol–water partition coefficient (Wildman–Crippen LogP) is 2.46. The molecule has 0 bridgehead atoms. The molecule has 4 nitrogen and oxygen atoms in total. The molecule has 5 heteroatoms. The van der Waals surface area contributed by atoms with Crippen LogP contribution in [0, 0.1) is 0 Å². The summed E-state index contributed by atoms with van der Waals surface area (Å²) in [5.41, 5.74) is 9.37. The third-order valence-corrected chi connectivity index (χ3v) is 3.41. The van der Waals surface area contributed by atoms with Crippen LogP contribution < -0.4 is 11.1 Å². The van der Waals surface area contributed by atoms with Crippen LogP contribution in [0.25, 0.3) is 11.1 Å². The number of aliphatic hydroxyl groups is 2. The lowest BCUT2D eigenvalue weighted by Gasteiger charge is -2.15. The van der Waals surface area contributed by atoms with E-state index in [1.54, 1.807) is 6.07 Å². The van der Waals surface area contributed by atoms with Gasteiger partial charge in [-0.15, -0.1) is 0 Å². The Bertz CT molecular complexity index is 590. The average Bonchev–Trinajstić information content (AvgIpc) is 2.45. The largest absolute Gasteiger partial charge is 0.399 e. The molecule has 2 aromatic carbocycles. The molecule has 0 radical (unpaired) electrons. The van der Waals surface area contributed by atoms with E-state index in [1.165, 1.54) is 0 Å². The normalized spacial score (nSPS) is 12.2. The van der Waals surface area contributed by atoms with Crippen LogP contribution in [0.3, 0.4) is 0 Å². The van der Waals surface area contributed by atoms with Gasteiger partial charge >= 0.3 is 0 Å². The van der Waals surface area contributed by atoms with Crippen molar-refractivity contribution < 1.29 is 10.2 Å². The van der Waals surface area contributed by atoms with Gasteiger partial charge in [0.25, 0.3) is 0 Å². The van der Waals surface area contributed by atoms with E-state index >= 15 is 0 Å². The fourth-order valence-electron chi connectivity index (χ4n) is 1.90. The quantitative estimate of drug-likeness (QED) is 0.632.